The molecule has 5 aliphatic rings. The van der Waals surface area contributed by atoms with Crippen LogP contribution < -0.4 is 10.6 Å². The number of aliphatic hydroxyl groups is 4. The molecule has 1 aromatic heterocycles. The summed E-state index contributed by atoms with van der Waals surface area (Å²) in [6.45, 7) is 5.99. The molecular formula is C43H52N4O4. The molecule has 3 aromatic rings. The van der Waals surface area contributed by atoms with Gasteiger partial charge < -0.3 is 36.0 Å². The lowest BCUT2D eigenvalue weighted by Gasteiger charge is -2.56. The Bertz CT molecular complexity index is 1840. The third-order valence-corrected chi connectivity index (χ3v) is 13.3. The number of para-hydroxylation sites is 1. The number of nitrogens with zero attached hydrogens (tertiary/aromatic N) is 1. The largest absolute Gasteiger partial charge is 0.396 e. The number of H-pyrrole nitrogens is 1. The van der Waals surface area contributed by atoms with E-state index in [1.165, 1.54) is 5.56 Å². The van der Waals surface area contributed by atoms with Crippen LogP contribution >= 0.6 is 0 Å². The minimum atomic E-state index is -1.47. The number of aromatic nitrogens is 1. The van der Waals surface area contributed by atoms with Gasteiger partial charge in [-0.15, -0.1) is 5.92 Å². The Balaban J connectivity index is 1.17. The Morgan fingerprint density at radius 3 is 2.65 bits per heavy atom. The van der Waals surface area contributed by atoms with E-state index in [9.17, 15) is 20.4 Å². The van der Waals surface area contributed by atoms with Crippen molar-refractivity contribution in [1.82, 2.24) is 15.6 Å². The van der Waals surface area contributed by atoms with Crippen molar-refractivity contribution in [3.63, 3.8) is 0 Å². The van der Waals surface area contributed by atoms with Gasteiger partial charge in [-0.1, -0.05) is 78.8 Å². The van der Waals surface area contributed by atoms with Gasteiger partial charge in [0.2, 0.25) is 0 Å². The van der Waals surface area contributed by atoms with Gasteiger partial charge in [-0.05, 0) is 91.2 Å². The summed E-state index contributed by atoms with van der Waals surface area (Å²) < 4.78 is 0. The molecule has 3 saturated carbocycles. The molecule has 5 aliphatic carbocycles. The first kappa shape index (κ1) is 34.2. The monoisotopic (exact) mass is 688 g/mol. The lowest BCUT2D eigenvalue weighted by atomic mass is 9.48. The number of fused-ring (bicyclic) bond motifs is 2. The molecule has 51 heavy (non-hydrogen) atoms. The van der Waals surface area contributed by atoms with Crippen molar-refractivity contribution < 1.29 is 20.4 Å². The maximum Gasteiger partial charge on any atom is 0.192 e. The first-order chi connectivity index (χ1) is 24.8. The normalized spacial score (nSPS) is 36.4. The van der Waals surface area contributed by atoms with Gasteiger partial charge in [-0.25, -0.2) is 0 Å². The van der Waals surface area contributed by atoms with Crippen LogP contribution in [0.25, 0.3) is 10.9 Å². The van der Waals surface area contributed by atoms with E-state index in [4.69, 9.17) is 11.6 Å². The zero-order valence-corrected chi connectivity index (χ0v) is 29.4. The lowest BCUT2D eigenvalue weighted by molar-refractivity contribution is -0.124. The van der Waals surface area contributed by atoms with Gasteiger partial charge in [0.25, 0.3) is 0 Å². The molecule has 268 valence electrons. The average Bonchev–Trinajstić information content (AvgIpc) is 3.61. The highest BCUT2D eigenvalue weighted by Gasteiger charge is 2.72. The number of allylic oxidation sites excluding steroid dienone is 2. The Hall–Kier alpha value is -3.87. The highest BCUT2D eigenvalue weighted by Crippen LogP contribution is 2.71. The quantitative estimate of drug-likeness (QED) is 0.0546. The van der Waals surface area contributed by atoms with E-state index in [0.29, 0.717) is 51.2 Å². The van der Waals surface area contributed by atoms with Gasteiger partial charge in [0, 0.05) is 55.6 Å². The van der Waals surface area contributed by atoms with Crippen LogP contribution in [-0.4, -0.2) is 74.4 Å². The van der Waals surface area contributed by atoms with Gasteiger partial charge >= 0.3 is 0 Å². The number of guanidine groups is 1. The summed E-state index contributed by atoms with van der Waals surface area (Å²) in [7, 11) is 0. The van der Waals surface area contributed by atoms with E-state index >= 15 is 0 Å². The summed E-state index contributed by atoms with van der Waals surface area (Å²) in [5, 5.41) is 55.3. The summed E-state index contributed by atoms with van der Waals surface area (Å²) >= 11 is 0. The van der Waals surface area contributed by atoms with Crippen LogP contribution in [-0.2, 0) is 12.8 Å². The number of hydrogen-bond acceptors (Lipinski definition) is 5. The molecular weight excluding hydrogens is 636 g/mol. The van der Waals surface area contributed by atoms with Crippen LogP contribution in [0.3, 0.4) is 0 Å². The number of aliphatic imine (C=N–C) groups is 1. The summed E-state index contributed by atoms with van der Waals surface area (Å²) in [5.74, 6) is 7.18. The van der Waals surface area contributed by atoms with Crippen LogP contribution in [0.2, 0.25) is 0 Å². The molecule has 0 radical (unpaired) electrons. The lowest BCUT2D eigenvalue weighted by Crippen LogP contribution is -2.56. The van der Waals surface area contributed by atoms with Gasteiger partial charge in [-0.2, -0.15) is 0 Å². The van der Waals surface area contributed by atoms with Crippen LogP contribution in [0.15, 0.2) is 90.0 Å². The first-order valence-corrected chi connectivity index (χ1v) is 19.0. The molecule has 8 heteroatoms. The number of benzene rings is 2. The number of hydrogen-bond donors (Lipinski definition) is 7. The first-order valence-electron chi connectivity index (χ1n) is 19.0. The van der Waals surface area contributed by atoms with Crippen molar-refractivity contribution in [2.45, 2.75) is 81.1 Å². The standard InChI is InChI=1S/C43H52N4O4/c1-28(24-32-25-30-12-5-6-15-37(30)46-32)41-19-7-13-31(47-40(44-21-9-23-48)45-22-18-29-10-3-2-4-11-29)27-43(51)38(49)26-36-39(43)35(41)17-16-34-33(41)14-8-20-42(34,36)50/h2-6,8,10-12,14-15,25,31,33-36,38-39,46,48-51H,1,9,16-24,26-27H2,(H2,44,45,47). The Morgan fingerprint density at radius 2 is 1.82 bits per heavy atom. The fraction of sp³-hybridized carbons (Fsp3) is 0.512. The van der Waals surface area contributed by atoms with Crippen LogP contribution in [0.5, 0.6) is 0 Å². The van der Waals surface area contributed by atoms with E-state index in [1.54, 1.807) is 0 Å². The summed E-state index contributed by atoms with van der Waals surface area (Å²) in [4.78, 5) is 8.38. The predicted molar refractivity (Wildman–Crippen MR) is 201 cm³/mol. The Morgan fingerprint density at radius 1 is 1.02 bits per heavy atom. The number of rotatable bonds is 10. The van der Waals surface area contributed by atoms with Crippen LogP contribution in [0.1, 0.15) is 56.2 Å². The predicted octanol–water partition coefficient (Wildman–Crippen LogP) is 4.65. The molecule has 1 heterocycles. The van der Waals surface area contributed by atoms with Crippen LogP contribution in [0.4, 0.5) is 0 Å². The zero-order chi connectivity index (χ0) is 35.2. The molecule has 0 saturated heterocycles. The maximum absolute atomic E-state index is 13.0. The maximum atomic E-state index is 13.0. The highest BCUT2D eigenvalue weighted by atomic mass is 16.3. The number of nitrogens with one attached hydrogen (secondary N) is 3. The van der Waals surface area contributed by atoms with Gasteiger partial charge in [0.05, 0.1) is 23.3 Å². The second-order valence-corrected chi connectivity index (χ2v) is 15.9. The van der Waals surface area contributed by atoms with E-state index in [2.05, 4.69) is 76.0 Å². The van der Waals surface area contributed by atoms with E-state index in [0.717, 1.165) is 41.4 Å². The number of aliphatic hydroxyl groups excluding tert-OH is 2. The fourth-order valence-corrected chi connectivity index (χ4v) is 11.2. The molecule has 7 N–H and O–H groups in total. The topological polar surface area (TPSA) is 133 Å². The van der Waals surface area contributed by atoms with E-state index < -0.39 is 28.8 Å². The molecule has 0 amide bonds. The van der Waals surface area contributed by atoms with Gasteiger partial charge in [0.1, 0.15) is 0 Å². The molecule has 2 aromatic carbocycles. The second kappa shape index (κ2) is 13.6. The van der Waals surface area contributed by atoms with E-state index in [-0.39, 0.29) is 42.6 Å². The van der Waals surface area contributed by atoms with Crippen molar-refractivity contribution in [3.05, 3.63) is 96.2 Å². The summed E-state index contributed by atoms with van der Waals surface area (Å²) in [6, 6.07) is 20.3. The molecule has 8 nitrogen and oxygen atoms in total. The fourth-order valence-electron chi connectivity index (χ4n) is 11.2. The molecule has 0 aliphatic heterocycles. The molecule has 8 rings (SSSR count). The minimum Gasteiger partial charge on any atom is -0.396 e. The molecule has 3 fully saturated rings. The van der Waals surface area contributed by atoms with Gasteiger partial charge in [-0.3, -0.25) is 4.99 Å². The molecule has 10 unspecified atom stereocenters. The SMILES string of the molecule is C=C(Cc1cc2ccccc2[nH]1)C12CC#CC(NC(=NCCCO)NCCc3ccccc3)CC3(O)C(O)CC4C3C1CCC1C2C=CCC41O. The Labute approximate surface area is 301 Å². The van der Waals surface area contributed by atoms with Crippen molar-refractivity contribution in [2.75, 3.05) is 19.7 Å². The third-order valence-electron chi connectivity index (χ3n) is 13.3. The Kier molecular flexibility index (Phi) is 9.12. The second-order valence-electron chi connectivity index (χ2n) is 15.9. The average molecular weight is 689 g/mol. The minimum absolute atomic E-state index is 0.00528. The van der Waals surface area contributed by atoms with Crippen molar-refractivity contribution in [2.24, 2.45) is 40.0 Å². The van der Waals surface area contributed by atoms with Crippen LogP contribution in [0, 0.1) is 46.8 Å². The summed E-state index contributed by atoms with van der Waals surface area (Å²) in [6.07, 6.45) is 8.89. The van der Waals surface area contributed by atoms with Crippen molar-refractivity contribution in [1.29, 1.82) is 0 Å². The summed E-state index contributed by atoms with van der Waals surface area (Å²) in [5.41, 5.74) is 1.52. The van der Waals surface area contributed by atoms with Gasteiger partial charge in [0.15, 0.2) is 5.96 Å². The highest BCUT2D eigenvalue weighted by molar-refractivity contribution is 5.81. The van der Waals surface area contributed by atoms with Crippen molar-refractivity contribution >= 4 is 16.9 Å². The molecule has 10 atom stereocenters. The van der Waals surface area contributed by atoms with E-state index in [1.807, 2.05) is 24.3 Å². The van der Waals surface area contributed by atoms with Crippen molar-refractivity contribution in [3.8, 4) is 11.8 Å². The number of aromatic amines is 1. The molecule has 0 spiro atoms. The third kappa shape index (κ3) is 5.83. The molecule has 6 bridgehead atoms. The smallest absolute Gasteiger partial charge is 0.192 e. The zero-order valence-electron chi connectivity index (χ0n) is 29.4.